The fourth-order valence-corrected chi connectivity index (χ4v) is 2.48. The Bertz CT molecular complexity index is 482. The molecule has 4 nitrogen and oxygen atoms in total. The molecular weight excluding hydrogens is 250 g/mol. The molecule has 1 atom stereocenters. The van der Waals surface area contributed by atoms with Gasteiger partial charge in [0.25, 0.3) is 0 Å². The zero-order valence-corrected chi connectivity index (χ0v) is 12.2. The summed E-state index contributed by atoms with van der Waals surface area (Å²) in [5.74, 6) is 0. The number of hydrogen-bond donors (Lipinski definition) is 2. The van der Waals surface area contributed by atoms with Gasteiger partial charge in [0, 0.05) is 25.7 Å². The van der Waals surface area contributed by atoms with Gasteiger partial charge in [-0.2, -0.15) is 0 Å². The molecule has 0 saturated carbocycles. The van der Waals surface area contributed by atoms with Crippen LogP contribution < -0.4 is 0 Å². The molecule has 2 rings (SSSR count). The molecule has 1 aromatic carbocycles. The highest BCUT2D eigenvalue weighted by atomic mass is 16.3. The second-order valence-corrected chi connectivity index (χ2v) is 5.51. The van der Waals surface area contributed by atoms with E-state index in [1.54, 1.807) is 0 Å². The Morgan fingerprint density at radius 1 is 1.35 bits per heavy atom. The molecule has 20 heavy (non-hydrogen) atoms. The van der Waals surface area contributed by atoms with Crippen molar-refractivity contribution in [3.63, 3.8) is 0 Å². The molecule has 0 radical (unpaired) electrons. The van der Waals surface area contributed by atoms with Gasteiger partial charge in [-0.05, 0) is 25.2 Å². The summed E-state index contributed by atoms with van der Waals surface area (Å²) in [6.45, 7) is 2.37. The summed E-state index contributed by atoms with van der Waals surface area (Å²) in [6, 6.07) is 10.7. The van der Waals surface area contributed by atoms with E-state index in [1.165, 1.54) is 5.56 Å². The van der Waals surface area contributed by atoms with Crippen LogP contribution in [0.5, 0.6) is 0 Å². The van der Waals surface area contributed by atoms with Crippen LogP contribution in [0.4, 0.5) is 0 Å². The fourth-order valence-electron chi connectivity index (χ4n) is 2.48. The van der Waals surface area contributed by atoms with E-state index in [9.17, 15) is 5.11 Å². The number of aliphatic hydroxyl groups excluding tert-OH is 1. The maximum atomic E-state index is 9.19. The van der Waals surface area contributed by atoms with Crippen LogP contribution in [0.25, 0.3) is 0 Å². The average Bonchev–Trinajstić information content (AvgIpc) is 2.47. The number of benzene rings is 1. The Balaban J connectivity index is 2.12. The van der Waals surface area contributed by atoms with Crippen molar-refractivity contribution < 1.29 is 5.11 Å². The molecule has 108 valence electrons. The molecule has 1 heterocycles. The van der Waals surface area contributed by atoms with Gasteiger partial charge in [-0.25, -0.2) is 0 Å². The molecular formula is C16H23N3O. The van der Waals surface area contributed by atoms with Crippen molar-refractivity contribution in [1.82, 2.24) is 9.80 Å². The molecule has 1 aliphatic rings. The maximum Gasteiger partial charge on any atom is 0.0849 e. The first kappa shape index (κ1) is 14.9. The van der Waals surface area contributed by atoms with Gasteiger partial charge in [0.15, 0.2) is 0 Å². The molecule has 4 heteroatoms. The van der Waals surface area contributed by atoms with Crippen LogP contribution in [0.1, 0.15) is 5.56 Å². The zero-order chi connectivity index (χ0) is 14.5. The van der Waals surface area contributed by atoms with E-state index in [-0.39, 0.29) is 12.6 Å². The molecule has 1 unspecified atom stereocenters. The van der Waals surface area contributed by atoms with Crippen LogP contribution in [0.2, 0.25) is 0 Å². The van der Waals surface area contributed by atoms with Crippen molar-refractivity contribution in [3.05, 3.63) is 47.5 Å². The largest absolute Gasteiger partial charge is 0.390 e. The van der Waals surface area contributed by atoms with E-state index in [0.29, 0.717) is 5.71 Å². The summed E-state index contributed by atoms with van der Waals surface area (Å²) in [5.41, 5.74) is 2.55. The molecule has 0 aliphatic carbocycles. The Morgan fingerprint density at radius 3 is 2.65 bits per heavy atom. The summed E-state index contributed by atoms with van der Waals surface area (Å²) >= 11 is 0. The van der Waals surface area contributed by atoms with Crippen molar-refractivity contribution in [2.75, 3.05) is 33.8 Å². The first-order valence-corrected chi connectivity index (χ1v) is 6.92. The molecule has 0 amide bonds. The van der Waals surface area contributed by atoms with E-state index < -0.39 is 0 Å². The second kappa shape index (κ2) is 6.79. The summed E-state index contributed by atoms with van der Waals surface area (Å²) in [7, 11) is 4.10. The van der Waals surface area contributed by atoms with Crippen LogP contribution in [0.15, 0.2) is 42.0 Å². The minimum atomic E-state index is -0.189. The summed E-state index contributed by atoms with van der Waals surface area (Å²) in [6.07, 6.45) is 2.11. The minimum absolute atomic E-state index is 0.189. The molecule has 1 aromatic rings. The van der Waals surface area contributed by atoms with E-state index >= 15 is 0 Å². The third-order valence-corrected chi connectivity index (χ3v) is 3.69. The number of rotatable bonds is 5. The van der Waals surface area contributed by atoms with E-state index in [4.69, 9.17) is 5.41 Å². The fraction of sp³-hybridized carbons (Fsp3) is 0.438. The third-order valence-electron chi connectivity index (χ3n) is 3.69. The van der Waals surface area contributed by atoms with Crippen molar-refractivity contribution in [2.24, 2.45) is 0 Å². The molecule has 0 spiro atoms. The van der Waals surface area contributed by atoms with Gasteiger partial charge in [0.05, 0.1) is 12.3 Å². The van der Waals surface area contributed by atoms with Crippen molar-refractivity contribution in [3.8, 4) is 0 Å². The highest BCUT2D eigenvalue weighted by molar-refractivity contribution is 5.99. The van der Waals surface area contributed by atoms with E-state index in [2.05, 4.69) is 40.1 Å². The molecule has 0 bridgehead atoms. The van der Waals surface area contributed by atoms with Crippen LogP contribution in [-0.4, -0.2) is 60.5 Å². The normalized spacial score (nSPS) is 20.0. The molecule has 0 saturated heterocycles. The molecule has 0 fully saturated rings. The average molecular weight is 273 g/mol. The first-order valence-electron chi connectivity index (χ1n) is 6.92. The number of likely N-dealkylation sites (N-methyl/N-ethyl adjacent to an activating group) is 1. The summed E-state index contributed by atoms with van der Waals surface area (Å²) in [4.78, 5) is 4.49. The number of aliphatic hydroxyl groups is 1. The molecule has 1 aliphatic heterocycles. The first-order chi connectivity index (χ1) is 9.60. The lowest BCUT2D eigenvalue weighted by atomic mass is 10.0. The van der Waals surface area contributed by atoms with Crippen LogP contribution >= 0.6 is 0 Å². The predicted octanol–water partition coefficient (Wildman–Crippen LogP) is 1.37. The molecule has 0 aromatic heterocycles. The van der Waals surface area contributed by atoms with Crippen molar-refractivity contribution in [1.29, 1.82) is 5.41 Å². The second-order valence-electron chi connectivity index (χ2n) is 5.51. The van der Waals surface area contributed by atoms with Gasteiger partial charge < -0.3 is 15.4 Å². The van der Waals surface area contributed by atoms with Gasteiger partial charge in [-0.15, -0.1) is 0 Å². The Hall–Kier alpha value is -1.49. The quantitative estimate of drug-likeness (QED) is 0.797. The smallest absolute Gasteiger partial charge is 0.0849 e. The Kier molecular flexibility index (Phi) is 5.06. The van der Waals surface area contributed by atoms with E-state index in [0.717, 1.165) is 25.2 Å². The van der Waals surface area contributed by atoms with Crippen molar-refractivity contribution in [2.45, 2.75) is 12.6 Å². The minimum Gasteiger partial charge on any atom is -0.390 e. The topological polar surface area (TPSA) is 50.6 Å². The lowest BCUT2D eigenvalue weighted by Gasteiger charge is -2.35. The van der Waals surface area contributed by atoms with Crippen LogP contribution in [0.3, 0.4) is 0 Å². The van der Waals surface area contributed by atoms with Gasteiger partial charge in [-0.1, -0.05) is 36.4 Å². The number of nitrogens with one attached hydrogen (secondary N) is 1. The lowest BCUT2D eigenvalue weighted by molar-refractivity contribution is 0.201. The van der Waals surface area contributed by atoms with E-state index in [1.807, 2.05) is 20.2 Å². The predicted molar refractivity (Wildman–Crippen MR) is 82.1 cm³/mol. The highest BCUT2D eigenvalue weighted by Crippen LogP contribution is 2.17. The van der Waals surface area contributed by atoms with Gasteiger partial charge >= 0.3 is 0 Å². The SMILES string of the molecule is CN(C)C1C=C(C(=N)CO)CN(Cc2ccccc2)C1. The Morgan fingerprint density at radius 2 is 2.05 bits per heavy atom. The van der Waals surface area contributed by atoms with Gasteiger partial charge in [0.1, 0.15) is 0 Å². The summed E-state index contributed by atoms with van der Waals surface area (Å²) in [5, 5.41) is 17.1. The maximum absolute atomic E-state index is 9.19. The van der Waals surface area contributed by atoms with Gasteiger partial charge in [-0.3, -0.25) is 4.90 Å². The zero-order valence-electron chi connectivity index (χ0n) is 12.2. The number of hydrogen-bond acceptors (Lipinski definition) is 4. The van der Waals surface area contributed by atoms with Crippen LogP contribution in [0, 0.1) is 5.41 Å². The monoisotopic (exact) mass is 273 g/mol. The molecule has 2 N–H and O–H groups in total. The van der Waals surface area contributed by atoms with Crippen LogP contribution in [-0.2, 0) is 6.54 Å². The lowest BCUT2D eigenvalue weighted by Crippen LogP contribution is -2.44. The van der Waals surface area contributed by atoms with Crippen molar-refractivity contribution >= 4 is 5.71 Å². The third kappa shape index (κ3) is 3.76. The van der Waals surface area contributed by atoms with Gasteiger partial charge in [0.2, 0.25) is 0 Å². The Labute approximate surface area is 120 Å². The standard InChI is InChI=1S/C16H23N3O/c1-18(2)15-8-14(16(17)12-20)10-19(11-15)9-13-6-4-3-5-7-13/h3-8,15,17,20H,9-12H2,1-2H3. The number of nitrogens with zero attached hydrogens (tertiary/aromatic N) is 2. The summed E-state index contributed by atoms with van der Waals surface area (Å²) < 4.78 is 0. The highest BCUT2D eigenvalue weighted by Gasteiger charge is 2.23.